The van der Waals surface area contributed by atoms with Gasteiger partial charge in [-0.25, -0.2) is 0 Å². The van der Waals surface area contributed by atoms with E-state index in [0.717, 1.165) is 16.8 Å². The highest BCUT2D eigenvalue weighted by Gasteiger charge is 2.33. The Labute approximate surface area is 119 Å². The number of hydrogen-bond acceptors (Lipinski definition) is 2. The van der Waals surface area contributed by atoms with Crippen LogP contribution in [0.15, 0.2) is 48.5 Å². The summed E-state index contributed by atoms with van der Waals surface area (Å²) in [5, 5.41) is 0. The Bertz CT molecular complexity index is 648. The number of carbonyl (C=O) groups is 1. The van der Waals surface area contributed by atoms with Crippen molar-refractivity contribution in [3.8, 4) is 0 Å². The van der Waals surface area contributed by atoms with Gasteiger partial charge in [0.15, 0.2) is 0 Å². The molecule has 0 spiro atoms. The second kappa shape index (κ2) is 4.67. The lowest BCUT2D eigenvalue weighted by Crippen LogP contribution is -2.45. The van der Waals surface area contributed by atoms with Gasteiger partial charge in [0, 0.05) is 14.1 Å². The SMILES string of the molecule is Cc1ccc([C@H]2N(C)C(=O)c3ccccc3N2C)cc1. The molecule has 2 aromatic carbocycles. The van der Waals surface area contributed by atoms with Crippen molar-refractivity contribution < 1.29 is 4.79 Å². The van der Waals surface area contributed by atoms with E-state index in [1.807, 2.05) is 38.4 Å². The molecular weight excluding hydrogens is 248 g/mol. The van der Waals surface area contributed by atoms with Crippen LogP contribution in [0.3, 0.4) is 0 Å². The fourth-order valence-electron chi connectivity index (χ4n) is 2.84. The Hall–Kier alpha value is -2.29. The van der Waals surface area contributed by atoms with E-state index in [9.17, 15) is 4.79 Å². The van der Waals surface area contributed by atoms with Crippen molar-refractivity contribution in [1.82, 2.24) is 4.90 Å². The maximum Gasteiger partial charge on any atom is 0.257 e. The third-order valence-corrected chi connectivity index (χ3v) is 3.94. The first kappa shape index (κ1) is 12.7. The summed E-state index contributed by atoms with van der Waals surface area (Å²) in [5.41, 5.74) is 4.10. The van der Waals surface area contributed by atoms with Gasteiger partial charge in [0.1, 0.15) is 6.17 Å². The number of nitrogens with zero attached hydrogens (tertiary/aromatic N) is 2. The van der Waals surface area contributed by atoms with Crippen LogP contribution in [0.2, 0.25) is 0 Å². The van der Waals surface area contributed by atoms with Gasteiger partial charge in [0.05, 0.1) is 11.3 Å². The van der Waals surface area contributed by atoms with E-state index in [0.29, 0.717) is 0 Å². The van der Waals surface area contributed by atoms with Crippen LogP contribution >= 0.6 is 0 Å². The summed E-state index contributed by atoms with van der Waals surface area (Å²) in [5.74, 6) is 0.0734. The van der Waals surface area contributed by atoms with Gasteiger partial charge in [-0.1, -0.05) is 42.0 Å². The highest BCUT2D eigenvalue weighted by molar-refractivity contribution is 6.01. The molecule has 3 rings (SSSR count). The van der Waals surface area contributed by atoms with Crippen molar-refractivity contribution in [2.24, 2.45) is 0 Å². The van der Waals surface area contributed by atoms with Crippen LogP contribution in [0.1, 0.15) is 27.7 Å². The maximum atomic E-state index is 12.5. The van der Waals surface area contributed by atoms with Crippen LogP contribution in [0.4, 0.5) is 5.69 Å². The zero-order valence-corrected chi connectivity index (χ0v) is 12.0. The number of para-hydroxylation sites is 1. The molecular formula is C17H18N2O. The predicted molar refractivity (Wildman–Crippen MR) is 80.9 cm³/mol. The van der Waals surface area contributed by atoms with E-state index in [4.69, 9.17) is 0 Å². The number of carbonyl (C=O) groups excluding carboxylic acids is 1. The Balaban J connectivity index is 2.09. The Morgan fingerprint density at radius 3 is 2.25 bits per heavy atom. The molecule has 0 saturated heterocycles. The van der Waals surface area contributed by atoms with Crippen LogP contribution in [0, 0.1) is 6.92 Å². The molecule has 1 amide bonds. The van der Waals surface area contributed by atoms with Crippen LogP contribution in [-0.2, 0) is 0 Å². The Morgan fingerprint density at radius 1 is 0.900 bits per heavy atom. The zero-order valence-electron chi connectivity index (χ0n) is 12.0. The molecule has 1 aliphatic rings. The van der Waals surface area contributed by atoms with Crippen LogP contribution in [0.25, 0.3) is 0 Å². The number of aryl methyl sites for hydroxylation is 1. The summed E-state index contributed by atoms with van der Waals surface area (Å²) >= 11 is 0. The van der Waals surface area contributed by atoms with E-state index in [1.54, 1.807) is 4.90 Å². The molecule has 1 aliphatic heterocycles. The molecule has 3 nitrogen and oxygen atoms in total. The molecule has 0 N–H and O–H groups in total. The topological polar surface area (TPSA) is 23.6 Å². The van der Waals surface area contributed by atoms with Gasteiger partial charge in [0.25, 0.3) is 5.91 Å². The second-order valence-electron chi connectivity index (χ2n) is 5.33. The van der Waals surface area contributed by atoms with E-state index in [-0.39, 0.29) is 12.1 Å². The van der Waals surface area contributed by atoms with Gasteiger partial charge >= 0.3 is 0 Å². The van der Waals surface area contributed by atoms with Crippen LogP contribution in [0.5, 0.6) is 0 Å². The summed E-state index contributed by atoms with van der Waals surface area (Å²) in [6, 6.07) is 16.1. The summed E-state index contributed by atoms with van der Waals surface area (Å²) in [4.78, 5) is 16.5. The first-order chi connectivity index (χ1) is 9.59. The fourth-order valence-corrected chi connectivity index (χ4v) is 2.84. The molecule has 20 heavy (non-hydrogen) atoms. The number of benzene rings is 2. The van der Waals surface area contributed by atoms with Gasteiger partial charge in [-0.05, 0) is 24.6 Å². The Morgan fingerprint density at radius 2 is 1.55 bits per heavy atom. The molecule has 1 atom stereocenters. The van der Waals surface area contributed by atoms with E-state index in [2.05, 4.69) is 36.1 Å². The second-order valence-corrected chi connectivity index (χ2v) is 5.33. The molecule has 0 saturated carbocycles. The molecule has 0 aromatic heterocycles. The third-order valence-electron chi connectivity index (χ3n) is 3.94. The van der Waals surface area contributed by atoms with Gasteiger partial charge in [-0.15, -0.1) is 0 Å². The van der Waals surface area contributed by atoms with Gasteiger partial charge in [0.2, 0.25) is 0 Å². The average Bonchev–Trinajstić information content (AvgIpc) is 2.47. The monoisotopic (exact) mass is 266 g/mol. The molecule has 102 valence electrons. The lowest BCUT2D eigenvalue weighted by molar-refractivity contribution is 0.0711. The highest BCUT2D eigenvalue weighted by atomic mass is 16.2. The van der Waals surface area contributed by atoms with E-state index >= 15 is 0 Å². The normalized spacial score (nSPS) is 18.1. The van der Waals surface area contributed by atoms with E-state index < -0.39 is 0 Å². The molecule has 2 aromatic rings. The molecule has 0 bridgehead atoms. The summed E-state index contributed by atoms with van der Waals surface area (Å²) < 4.78 is 0. The summed E-state index contributed by atoms with van der Waals surface area (Å²) in [7, 11) is 3.89. The number of anilines is 1. The first-order valence-corrected chi connectivity index (χ1v) is 6.75. The van der Waals surface area contributed by atoms with Gasteiger partial charge < -0.3 is 9.80 Å². The molecule has 1 heterocycles. The molecule has 3 heteroatoms. The van der Waals surface area contributed by atoms with Crippen molar-refractivity contribution in [2.75, 3.05) is 19.0 Å². The maximum absolute atomic E-state index is 12.5. The molecule has 0 unspecified atom stereocenters. The standard InChI is InChI=1S/C17H18N2O/c1-12-8-10-13(11-9-12)16-18(2)15-7-5-4-6-14(15)17(20)19(16)3/h4-11,16H,1-3H3/t16-/m1/s1. The number of amides is 1. The fraction of sp³-hybridized carbons (Fsp3) is 0.235. The van der Waals surface area contributed by atoms with Crippen molar-refractivity contribution in [3.05, 3.63) is 65.2 Å². The summed E-state index contributed by atoms with van der Waals surface area (Å²) in [6.07, 6.45) is -0.0574. The van der Waals surface area contributed by atoms with Gasteiger partial charge in [-0.3, -0.25) is 4.79 Å². The number of hydrogen-bond donors (Lipinski definition) is 0. The van der Waals surface area contributed by atoms with Crippen molar-refractivity contribution in [3.63, 3.8) is 0 Å². The quantitative estimate of drug-likeness (QED) is 0.791. The molecule has 0 radical (unpaired) electrons. The van der Waals surface area contributed by atoms with Crippen molar-refractivity contribution in [1.29, 1.82) is 0 Å². The lowest BCUT2D eigenvalue weighted by atomic mass is 10.0. The molecule has 0 aliphatic carbocycles. The lowest BCUT2D eigenvalue weighted by Gasteiger charge is -2.42. The van der Waals surface area contributed by atoms with Gasteiger partial charge in [-0.2, -0.15) is 0 Å². The number of fused-ring (bicyclic) bond motifs is 1. The average molecular weight is 266 g/mol. The first-order valence-electron chi connectivity index (χ1n) is 6.75. The van der Waals surface area contributed by atoms with Crippen molar-refractivity contribution >= 4 is 11.6 Å². The minimum Gasteiger partial charge on any atom is -0.350 e. The number of rotatable bonds is 1. The third kappa shape index (κ3) is 1.86. The predicted octanol–water partition coefficient (Wildman–Crippen LogP) is 3.22. The highest BCUT2D eigenvalue weighted by Crippen LogP contribution is 2.36. The molecule has 0 fully saturated rings. The van der Waals surface area contributed by atoms with Crippen LogP contribution in [-0.4, -0.2) is 24.9 Å². The smallest absolute Gasteiger partial charge is 0.257 e. The zero-order chi connectivity index (χ0) is 14.3. The summed E-state index contributed by atoms with van der Waals surface area (Å²) in [6.45, 7) is 2.07. The minimum absolute atomic E-state index is 0.0574. The Kier molecular flexibility index (Phi) is 2.97. The van der Waals surface area contributed by atoms with Crippen molar-refractivity contribution in [2.45, 2.75) is 13.1 Å². The van der Waals surface area contributed by atoms with Crippen LogP contribution < -0.4 is 4.90 Å². The van der Waals surface area contributed by atoms with E-state index in [1.165, 1.54) is 5.56 Å². The minimum atomic E-state index is -0.0574. The largest absolute Gasteiger partial charge is 0.350 e.